The van der Waals surface area contributed by atoms with Crippen LogP contribution in [-0.4, -0.2) is 21.0 Å². The number of rotatable bonds is 5. The summed E-state index contributed by atoms with van der Waals surface area (Å²) in [6.07, 6.45) is 3.30. The third-order valence-corrected chi connectivity index (χ3v) is 3.18. The van der Waals surface area contributed by atoms with E-state index in [1.54, 1.807) is 24.5 Å². The zero-order valence-electron chi connectivity index (χ0n) is 12.4. The third kappa shape index (κ3) is 3.60. The molecule has 1 N–H and O–H groups in total. The Morgan fingerprint density at radius 3 is 2.67 bits per heavy atom. The topological polar surface area (TPSA) is 80.9 Å². The average molecular weight is 330 g/mol. The molecular weight excluding hydrogens is 318 g/mol. The highest BCUT2D eigenvalue weighted by atomic mass is 19.1. The number of amides is 1. The molecule has 0 aliphatic heterocycles. The fourth-order valence-corrected chi connectivity index (χ4v) is 2.01. The van der Waals surface area contributed by atoms with Gasteiger partial charge in [-0.2, -0.15) is 4.98 Å². The van der Waals surface area contributed by atoms with Gasteiger partial charge in [-0.3, -0.25) is 9.78 Å². The molecule has 0 fully saturated rings. The van der Waals surface area contributed by atoms with Crippen LogP contribution in [0.2, 0.25) is 0 Å². The fraction of sp³-hybridized carbons (Fsp3) is 0.125. The fourth-order valence-electron chi connectivity index (χ4n) is 2.01. The number of carbonyl (C=O) groups excluding carboxylic acids is 1. The van der Waals surface area contributed by atoms with Gasteiger partial charge in [0.1, 0.15) is 17.3 Å². The first-order chi connectivity index (χ1) is 11.6. The number of carbonyl (C=O) groups is 1. The van der Waals surface area contributed by atoms with Crippen LogP contribution in [0.1, 0.15) is 12.3 Å². The molecule has 0 atom stereocenters. The van der Waals surface area contributed by atoms with E-state index < -0.39 is 23.2 Å². The summed E-state index contributed by atoms with van der Waals surface area (Å²) >= 11 is 0. The number of nitrogens with one attached hydrogen (secondary N) is 1. The number of halogens is 2. The summed E-state index contributed by atoms with van der Waals surface area (Å²) in [5, 5.41) is 6.00. The molecule has 0 unspecified atom stereocenters. The summed E-state index contributed by atoms with van der Waals surface area (Å²) in [5.74, 6) is -1.61. The minimum atomic E-state index is -0.833. The van der Waals surface area contributed by atoms with Crippen LogP contribution in [0, 0.1) is 11.6 Å². The lowest BCUT2D eigenvalue weighted by Crippen LogP contribution is -2.14. The number of aromatic nitrogens is 3. The quantitative estimate of drug-likeness (QED) is 0.778. The Balaban J connectivity index is 1.60. The average Bonchev–Trinajstić information content (AvgIpc) is 3.06. The summed E-state index contributed by atoms with van der Waals surface area (Å²) in [6.45, 7) is 0. The van der Waals surface area contributed by atoms with Crippen LogP contribution in [0.4, 0.5) is 14.5 Å². The second kappa shape index (κ2) is 6.95. The molecule has 0 bridgehead atoms. The van der Waals surface area contributed by atoms with E-state index in [9.17, 15) is 13.6 Å². The van der Waals surface area contributed by atoms with E-state index in [0.29, 0.717) is 11.4 Å². The standard InChI is InChI=1S/C16H12F2N4O2/c17-11-4-1-5-12(18)15(11)20-13(23)6-7-14-21-16(22-24-14)10-3-2-8-19-9-10/h1-5,8-9H,6-7H2,(H,20,23). The van der Waals surface area contributed by atoms with E-state index >= 15 is 0 Å². The van der Waals surface area contributed by atoms with Crippen molar-refractivity contribution < 1.29 is 18.1 Å². The van der Waals surface area contributed by atoms with Crippen LogP contribution in [0.5, 0.6) is 0 Å². The van der Waals surface area contributed by atoms with Gasteiger partial charge in [0.15, 0.2) is 0 Å². The number of anilines is 1. The highest BCUT2D eigenvalue weighted by Gasteiger charge is 2.14. The van der Waals surface area contributed by atoms with E-state index in [-0.39, 0.29) is 18.7 Å². The van der Waals surface area contributed by atoms with Gasteiger partial charge in [-0.25, -0.2) is 8.78 Å². The van der Waals surface area contributed by atoms with Crippen molar-refractivity contribution >= 4 is 11.6 Å². The molecule has 2 heterocycles. The van der Waals surface area contributed by atoms with Gasteiger partial charge in [-0.05, 0) is 24.3 Å². The number of aryl methyl sites for hydroxylation is 1. The van der Waals surface area contributed by atoms with Crippen LogP contribution in [-0.2, 0) is 11.2 Å². The Hall–Kier alpha value is -3.16. The van der Waals surface area contributed by atoms with Crippen LogP contribution >= 0.6 is 0 Å². The molecule has 122 valence electrons. The second-order valence-corrected chi connectivity index (χ2v) is 4.90. The SMILES string of the molecule is O=C(CCc1nc(-c2cccnc2)no1)Nc1c(F)cccc1F. The van der Waals surface area contributed by atoms with E-state index in [1.165, 1.54) is 6.07 Å². The molecule has 0 radical (unpaired) electrons. The van der Waals surface area contributed by atoms with Gasteiger partial charge in [0.2, 0.25) is 17.6 Å². The third-order valence-electron chi connectivity index (χ3n) is 3.18. The van der Waals surface area contributed by atoms with E-state index in [1.807, 2.05) is 0 Å². The van der Waals surface area contributed by atoms with Gasteiger partial charge < -0.3 is 9.84 Å². The Morgan fingerprint density at radius 2 is 1.96 bits per heavy atom. The molecule has 6 nitrogen and oxygen atoms in total. The highest BCUT2D eigenvalue weighted by Crippen LogP contribution is 2.19. The minimum Gasteiger partial charge on any atom is -0.339 e. The van der Waals surface area contributed by atoms with E-state index in [2.05, 4.69) is 20.4 Å². The molecule has 0 saturated carbocycles. The van der Waals surface area contributed by atoms with Crippen LogP contribution in [0.25, 0.3) is 11.4 Å². The predicted octanol–water partition coefficient (Wildman–Crippen LogP) is 2.98. The van der Waals surface area contributed by atoms with E-state index in [0.717, 1.165) is 12.1 Å². The van der Waals surface area contributed by atoms with Gasteiger partial charge in [-0.15, -0.1) is 0 Å². The first-order valence-electron chi connectivity index (χ1n) is 7.10. The van der Waals surface area contributed by atoms with Gasteiger partial charge in [0, 0.05) is 30.8 Å². The maximum atomic E-state index is 13.5. The molecule has 8 heteroatoms. The molecule has 3 aromatic rings. The van der Waals surface area contributed by atoms with Crippen LogP contribution in [0.3, 0.4) is 0 Å². The lowest BCUT2D eigenvalue weighted by Gasteiger charge is -2.06. The predicted molar refractivity (Wildman–Crippen MR) is 80.8 cm³/mol. The summed E-state index contributed by atoms with van der Waals surface area (Å²) in [5.41, 5.74) is 0.217. The Labute approximate surface area is 135 Å². The van der Waals surface area contributed by atoms with Crippen molar-refractivity contribution in [3.8, 4) is 11.4 Å². The van der Waals surface area contributed by atoms with Crippen molar-refractivity contribution in [3.05, 3.63) is 60.3 Å². The zero-order valence-corrected chi connectivity index (χ0v) is 12.4. The molecule has 24 heavy (non-hydrogen) atoms. The maximum absolute atomic E-state index is 13.5. The first-order valence-corrected chi connectivity index (χ1v) is 7.10. The van der Waals surface area contributed by atoms with Gasteiger partial charge in [0.25, 0.3) is 0 Å². The molecule has 0 aliphatic carbocycles. The summed E-state index contributed by atoms with van der Waals surface area (Å²) in [6, 6.07) is 6.86. The maximum Gasteiger partial charge on any atom is 0.227 e. The smallest absolute Gasteiger partial charge is 0.227 e. The minimum absolute atomic E-state index is 0.0531. The number of benzene rings is 1. The van der Waals surface area contributed by atoms with Crippen molar-refractivity contribution in [1.29, 1.82) is 0 Å². The molecule has 1 amide bonds. The molecule has 0 spiro atoms. The molecule has 0 saturated heterocycles. The van der Waals surface area contributed by atoms with E-state index in [4.69, 9.17) is 4.52 Å². The Morgan fingerprint density at radius 1 is 1.17 bits per heavy atom. The van der Waals surface area contributed by atoms with Crippen molar-refractivity contribution in [2.45, 2.75) is 12.8 Å². The first kappa shape index (κ1) is 15.7. The highest BCUT2D eigenvalue weighted by molar-refractivity contribution is 5.91. The molecule has 0 aliphatic rings. The number of hydrogen-bond donors (Lipinski definition) is 1. The molecular formula is C16H12F2N4O2. The summed E-state index contributed by atoms with van der Waals surface area (Å²) < 4.78 is 32.0. The molecule has 1 aromatic carbocycles. The monoisotopic (exact) mass is 330 g/mol. The Kier molecular flexibility index (Phi) is 4.55. The van der Waals surface area contributed by atoms with Crippen molar-refractivity contribution in [1.82, 2.24) is 15.1 Å². The Bertz CT molecular complexity index is 832. The van der Waals surface area contributed by atoms with Crippen LogP contribution in [0.15, 0.2) is 47.2 Å². The van der Waals surface area contributed by atoms with Crippen molar-refractivity contribution in [2.75, 3.05) is 5.32 Å². The van der Waals surface area contributed by atoms with Gasteiger partial charge >= 0.3 is 0 Å². The van der Waals surface area contributed by atoms with Crippen molar-refractivity contribution in [3.63, 3.8) is 0 Å². The molecule has 3 rings (SSSR count). The lowest BCUT2D eigenvalue weighted by molar-refractivity contribution is -0.116. The van der Waals surface area contributed by atoms with Gasteiger partial charge in [0.05, 0.1) is 0 Å². The normalized spacial score (nSPS) is 10.6. The molecule has 2 aromatic heterocycles. The zero-order chi connectivity index (χ0) is 16.9. The second-order valence-electron chi connectivity index (χ2n) is 4.90. The summed E-state index contributed by atoms with van der Waals surface area (Å²) in [7, 11) is 0. The van der Waals surface area contributed by atoms with Crippen LogP contribution < -0.4 is 5.32 Å². The number of nitrogens with zero attached hydrogens (tertiary/aromatic N) is 3. The number of para-hydroxylation sites is 1. The number of hydrogen-bond acceptors (Lipinski definition) is 5. The summed E-state index contributed by atoms with van der Waals surface area (Å²) in [4.78, 5) is 19.9. The van der Waals surface area contributed by atoms with Crippen molar-refractivity contribution in [2.24, 2.45) is 0 Å². The largest absolute Gasteiger partial charge is 0.339 e. The lowest BCUT2D eigenvalue weighted by atomic mass is 10.2. The number of pyridine rings is 1. The van der Waals surface area contributed by atoms with Gasteiger partial charge in [-0.1, -0.05) is 11.2 Å².